The fourth-order valence-corrected chi connectivity index (χ4v) is 0.624. The van der Waals surface area contributed by atoms with Crippen molar-refractivity contribution in [1.82, 2.24) is 0 Å². The maximum atomic E-state index is 10.5. The SMILES string of the molecule is C=C([O-])c1ccccc1.[Li-]. The Labute approximate surface area is 72.6 Å². The molecule has 0 fully saturated rings. The molecule has 0 unspecified atom stereocenters. The molecule has 0 heterocycles. The molecule has 0 aliphatic rings. The molecule has 1 aromatic rings. The van der Waals surface area contributed by atoms with Crippen LogP contribution >= 0.6 is 0 Å². The zero-order valence-electron chi connectivity index (χ0n) is 6.00. The third-order valence-corrected chi connectivity index (χ3v) is 1.10. The van der Waals surface area contributed by atoms with Crippen molar-refractivity contribution in [3.8, 4) is 0 Å². The Balaban J connectivity index is 0.000000810. The second kappa shape index (κ2) is 4.22. The third-order valence-electron chi connectivity index (χ3n) is 1.10. The molecular weight excluding hydrogens is 119 g/mol. The Bertz CT molecular complexity index is 206. The Morgan fingerprint density at radius 2 is 1.70 bits per heavy atom. The van der Waals surface area contributed by atoms with Crippen molar-refractivity contribution in [3.63, 3.8) is 0 Å². The molecule has 0 atom stereocenters. The summed E-state index contributed by atoms with van der Waals surface area (Å²) < 4.78 is 0. The molecule has 2 heteroatoms. The molecule has 0 N–H and O–H groups in total. The number of hydrogen-bond donors (Lipinski definition) is 0. The van der Waals surface area contributed by atoms with E-state index in [4.69, 9.17) is 0 Å². The average molecular weight is 126 g/mol. The summed E-state index contributed by atoms with van der Waals surface area (Å²) in [5.74, 6) is -0.129. The molecule has 0 aromatic heterocycles. The van der Waals surface area contributed by atoms with Gasteiger partial charge in [0.15, 0.2) is 0 Å². The van der Waals surface area contributed by atoms with Crippen LogP contribution in [0.1, 0.15) is 5.56 Å². The fourth-order valence-electron chi connectivity index (χ4n) is 0.624. The molecule has 1 rings (SSSR count). The van der Waals surface area contributed by atoms with Crippen molar-refractivity contribution < 1.29 is 5.11 Å². The summed E-state index contributed by atoms with van der Waals surface area (Å²) in [6.45, 7) is 3.27. The van der Waals surface area contributed by atoms with Crippen LogP contribution < -0.4 is 5.11 Å². The normalized spacial score (nSPS) is 8.00. The van der Waals surface area contributed by atoms with Gasteiger partial charge in [0.2, 0.25) is 0 Å². The van der Waals surface area contributed by atoms with E-state index in [2.05, 4.69) is 6.58 Å². The Morgan fingerprint density at radius 1 is 1.20 bits per heavy atom. The van der Waals surface area contributed by atoms with Crippen LogP contribution in [0.4, 0.5) is 0 Å². The van der Waals surface area contributed by atoms with E-state index in [1.165, 1.54) is 0 Å². The Morgan fingerprint density at radius 3 is 2.00 bits per heavy atom. The van der Waals surface area contributed by atoms with Crippen molar-refractivity contribution in [2.45, 2.75) is 0 Å². The van der Waals surface area contributed by atoms with Gasteiger partial charge in [0.25, 0.3) is 0 Å². The standard InChI is InChI=1S/C8H8O.Li/c1-7(9)8-5-3-2-4-6-8;/h2-6,9H,1H2;/q;-1/p-1. The van der Waals surface area contributed by atoms with Gasteiger partial charge in [-0.25, -0.2) is 0 Å². The van der Waals surface area contributed by atoms with Crippen molar-refractivity contribution in [1.29, 1.82) is 0 Å². The van der Waals surface area contributed by atoms with E-state index in [0.29, 0.717) is 5.56 Å². The van der Waals surface area contributed by atoms with Crippen LogP contribution in [0.5, 0.6) is 0 Å². The number of hydrogen-bond acceptors (Lipinski definition) is 1. The second-order valence-electron chi connectivity index (χ2n) is 1.79. The molecule has 2 radical (unpaired) electrons. The molecule has 48 valence electrons. The van der Waals surface area contributed by atoms with Gasteiger partial charge >= 0.3 is 0 Å². The molecular formula is C8H7LiO-2. The van der Waals surface area contributed by atoms with Crippen molar-refractivity contribution in [2.24, 2.45) is 0 Å². The van der Waals surface area contributed by atoms with Crippen LogP contribution in [0, 0.1) is 0 Å². The molecule has 1 aromatic carbocycles. The van der Waals surface area contributed by atoms with Crippen LogP contribution in [-0.4, -0.2) is 18.9 Å². The molecule has 0 aliphatic carbocycles. The van der Waals surface area contributed by atoms with Gasteiger partial charge in [0.05, 0.1) is 0 Å². The maximum Gasteiger partial charge on any atom is -0.0341 e. The minimum Gasteiger partial charge on any atom is -1.00 e. The largest absolute Gasteiger partial charge is 1.00 e. The van der Waals surface area contributed by atoms with E-state index >= 15 is 0 Å². The minimum atomic E-state index is -0.129. The van der Waals surface area contributed by atoms with E-state index in [1.807, 2.05) is 18.2 Å². The summed E-state index contributed by atoms with van der Waals surface area (Å²) >= 11 is 0. The topological polar surface area (TPSA) is 23.1 Å². The number of benzene rings is 1. The minimum absolute atomic E-state index is 0. The maximum absolute atomic E-state index is 10.5. The van der Waals surface area contributed by atoms with Gasteiger partial charge in [-0.15, -0.1) is 12.3 Å². The zero-order valence-corrected chi connectivity index (χ0v) is 6.00. The Hall–Kier alpha value is -0.643. The van der Waals surface area contributed by atoms with E-state index in [-0.39, 0.29) is 24.6 Å². The monoisotopic (exact) mass is 126 g/mol. The predicted octanol–water partition coefficient (Wildman–Crippen LogP) is 0.637. The smallest absolute Gasteiger partial charge is 0.0341 e. The summed E-state index contributed by atoms with van der Waals surface area (Å²) in [6.07, 6.45) is 0. The van der Waals surface area contributed by atoms with Crippen LogP contribution in [-0.2, 0) is 0 Å². The molecule has 1 nitrogen and oxygen atoms in total. The van der Waals surface area contributed by atoms with Crippen LogP contribution in [0.15, 0.2) is 36.9 Å². The zero-order chi connectivity index (χ0) is 6.69. The molecule has 0 saturated carbocycles. The Kier molecular flexibility index (Phi) is 3.95. The average Bonchev–Trinajstić information content (AvgIpc) is 1.90. The molecule has 0 amide bonds. The van der Waals surface area contributed by atoms with E-state index in [9.17, 15) is 5.11 Å². The molecule has 10 heavy (non-hydrogen) atoms. The molecule has 0 bridgehead atoms. The predicted molar refractivity (Wildman–Crippen MR) is 41.2 cm³/mol. The van der Waals surface area contributed by atoms with E-state index in [0.717, 1.165) is 0 Å². The fraction of sp³-hybridized carbons (Fsp3) is 0. The van der Waals surface area contributed by atoms with Crippen LogP contribution in [0.3, 0.4) is 0 Å². The van der Waals surface area contributed by atoms with Gasteiger partial charge in [-0.05, 0) is 5.56 Å². The molecule has 0 spiro atoms. The first-order chi connectivity index (χ1) is 4.30. The first kappa shape index (κ1) is 9.36. The quantitative estimate of drug-likeness (QED) is 0.400. The van der Waals surface area contributed by atoms with Gasteiger partial charge in [-0.3, -0.25) is 0 Å². The summed E-state index contributed by atoms with van der Waals surface area (Å²) in [4.78, 5) is 0. The van der Waals surface area contributed by atoms with Gasteiger partial charge in [0, 0.05) is 0 Å². The van der Waals surface area contributed by atoms with E-state index < -0.39 is 0 Å². The third kappa shape index (κ3) is 2.31. The molecule has 0 aliphatic heterocycles. The number of rotatable bonds is 1. The summed E-state index contributed by atoms with van der Waals surface area (Å²) in [5, 5.41) is 10.5. The van der Waals surface area contributed by atoms with Gasteiger partial charge < -0.3 is 24.0 Å². The van der Waals surface area contributed by atoms with Crippen molar-refractivity contribution in [2.75, 3.05) is 0 Å². The van der Waals surface area contributed by atoms with Gasteiger partial charge in [0.1, 0.15) is 0 Å². The van der Waals surface area contributed by atoms with Crippen molar-refractivity contribution >= 4 is 24.6 Å². The first-order valence-corrected chi connectivity index (χ1v) is 2.72. The first-order valence-electron chi connectivity index (χ1n) is 2.72. The van der Waals surface area contributed by atoms with Crippen molar-refractivity contribution in [3.05, 3.63) is 42.5 Å². The van der Waals surface area contributed by atoms with Crippen LogP contribution in [0.2, 0.25) is 0 Å². The second-order valence-corrected chi connectivity index (χ2v) is 1.79. The van der Waals surface area contributed by atoms with Crippen LogP contribution in [0.25, 0.3) is 5.76 Å². The summed E-state index contributed by atoms with van der Waals surface area (Å²) in [7, 11) is 0. The summed E-state index contributed by atoms with van der Waals surface area (Å²) in [6, 6.07) is 8.99. The molecule has 0 saturated heterocycles. The summed E-state index contributed by atoms with van der Waals surface area (Å²) in [5.41, 5.74) is 0.664. The van der Waals surface area contributed by atoms with E-state index in [1.54, 1.807) is 12.1 Å². The van der Waals surface area contributed by atoms with Gasteiger partial charge in [-0.2, -0.15) is 0 Å². The van der Waals surface area contributed by atoms with Gasteiger partial charge in [-0.1, -0.05) is 30.3 Å².